The van der Waals surface area contributed by atoms with E-state index >= 15 is 0 Å². The maximum atomic E-state index is 12.2. The number of anilines is 1. The summed E-state index contributed by atoms with van der Waals surface area (Å²) in [4.78, 5) is 0.0929. The molecule has 0 aliphatic heterocycles. The van der Waals surface area contributed by atoms with Crippen LogP contribution in [-0.2, 0) is 10.0 Å². The van der Waals surface area contributed by atoms with Gasteiger partial charge in [-0.2, -0.15) is 0 Å². The van der Waals surface area contributed by atoms with Gasteiger partial charge in [-0.15, -0.1) is 12.4 Å². The highest BCUT2D eigenvalue weighted by molar-refractivity contribution is 7.92. The zero-order valence-electron chi connectivity index (χ0n) is 11.7. The van der Waals surface area contributed by atoms with Crippen LogP contribution in [0, 0.1) is 5.41 Å². The van der Waals surface area contributed by atoms with Crippen LogP contribution in [0.3, 0.4) is 0 Å². The van der Waals surface area contributed by atoms with Crippen LogP contribution in [0.1, 0.15) is 5.56 Å². The third kappa shape index (κ3) is 4.12. The van der Waals surface area contributed by atoms with Crippen molar-refractivity contribution in [2.75, 3.05) is 11.8 Å². The van der Waals surface area contributed by atoms with Gasteiger partial charge in [0.05, 0.1) is 17.7 Å². The minimum atomic E-state index is -3.70. The Kier molecular flexibility index (Phi) is 5.78. The number of hydrogen-bond donors (Lipinski definition) is 3. The summed E-state index contributed by atoms with van der Waals surface area (Å²) in [5.74, 6) is 0.446. The van der Waals surface area contributed by atoms with Crippen molar-refractivity contribution in [2.45, 2.75) is 4.90 Å². The second-order valence-electron chi connectivity index (χ2n) is 4.28. The molecule has 2 rings (SSSR count). The van der Waals surface area contributed by atoms with Crippen molar-refractivity contribution < 1.29 is 13.2 Å². The van der Waals surface area contributed by atoms with E-state index in [1.807, 2.05) is 0 Å². The summed E-state index contributed by atoms with van der Waals surface area (Å²) in [6, 6.07) is 12.4. The van der Waals surface area contributed by atoms with Gasteiger partial charge >= 0.3 is 0 Å². The van der Waals surface area contributed by atoms with Crippen LogP contribution < -0.4 is 15.2 Å². The van der Waals surface area contributed by atoms with E-state index < -0.39 is 10.0 Å². The smallest absolute Gasteiger partial charge is 0.261 e. The number of amidine groups is 1. The number of rotatable bonds is 5. The Bertz CT molecular complexity index is 761. The Morgan fingerprint density at radius 2 is 1.82 bits per heavy atom. The molecule has 0 bridgehead atoms. The van der Waals surface area contributed by atoms with E-state index in [4.69, 9.17) is 15.9 Å². The molecule has 0 spiro atoms. The topological polar surface area (TPSA) is 105 Å². The fourth-order valence-electron chi connectivity index (χ4n) is 1.71. The quantitative estimate of drug-likeness (QED) is 0.572. The molecule has 4 N–H and O–H groups in total. The molecular weight excluding hydrogens is 326 g/mol. The molecule has 0 saturated carbocycles. The van der Waals surface area contributed by atoms with Gasteiger partial charge in [0.2, 0.25) is 0 Å². The zero-order chi connectivity index (χ0) is 15.5. The minimum absolute atomic E-state index is 0. The van der Waals surface area contributed by atoms with Crippen LogP contribution in [0.4, 0.5) is 5.69 Å². The largest absolute Gasteiger partial charge is 0.497 e. The predicted molar refractivity (Wildman–Crippen MR) is 88.5 cm³/mol. The maximum absolute atomic E-state index is 12.2. The summed E-state index contributed by atoms with van der Waals surface area (Å²) < 4.78 is 32.0. The number of benzene rings is 2. The SMILES string of the molecule is COc1cccc(NS(=O)(=O)c2ccc(C(=N)N)cc2)c1.Cl. The van der Waals surface area contributed by atoms with Crippen molar-refractivity contribution >= 4 is 34.0 Å². The number of methoxy groups -OCH3 is 1. The number of nitrogens with one attached hydrogen (secondary N) is 2. The molecular formula is C14H16ClN3O3S. The lowest BCUT2D eigenvalue weighted by molar-refractivity contribution is 0.415. The van der Waals surface area contributed by atoms with Gasteiger partial charge in [-0.25, -0.2) is 8.42 Å². The fraction of sp³-hybridized carbons (Fsp3) is 0.0714. The average molecular weight is 342 g/mol. The molecule has 0 aliphatic rings. The lowest BCUT2D eigenvalue weighted by Gasteiger charge is -2.09. The first-order valence-corrected chi connectivity index (χ1v) is 7.52. The van der Waals surface area contributed by atoms with Gasteiger partial charge in [-0.05, 0) is 36.4 Å². The van der Waals surface area contributed by atoms with Crippen molar-refractivity contribution in [3.63, 3.8) is 0 Å². The third-order valence-corrected chi connectivity index (χ3v) is 4.19. The lowest BCUT2D eigenvalue weighted by Crippen LogP contribution is -2.14. The van der Waals surface area contributed by atoms with Gasteiger partial charge in [0.15, 0.2) is 0 Å². The van der Waals surface area contributed by atoms with Gasteiger partial charge in [0, 0.05) is 11.6 Å². The fourth-order valence-corrected chi connectivity index (χ4v) is 2.76. The Hall–Kier alpha value is -2.25. The number of nitrogens with two attached hydrogens (primary N) is 1. The number of halogens is 1. The minimum Gasteiger partial charge on any atom is -0.497 e. The van der Waals surface area contributed by atoms with Crippen LogP contribution >= 0.6 is 12.4 Å². The van der Waals surface area contributed by atoms with Gasteiger partial charge in [0.1, 0.15) is 11.6 Å². The molecule has 0 aromatic heterocycles. The van der Waals surface area contributed by atoms with Gasteiger partial charge < -0.3 is 10.5 Å². The van der Waals surface area contributed by atoms with Gasteiger partial charge in [-0.3, -0.25) is 10.1 Å². The Labute approximate surface area is 135 Å². The van der Waals surface area contributed by atoms with Gasteiger partial charge in [-0.1, -0.05) is 6.07 Å². The van der Waals surface area contributed by atoms with Crippen molar-refractivity contribution in [2.24, 2.45) is 5.73 Å². The molecule has 2 aromatic carbocycles. The summed E-state index contributed by atoms with van der Waals surface area (Å²) in [6.45, 7) is 0. The third-order valence-electron chi connectivity index (χ3n) is 2.80. The molecule has 0 saturated heterocycles. The average Bonchev–Trinajstić information content (AvgIpc) is 2.47. The molecule has 6 nitrogen and oxygen atoms in total. The van der Waals surface area contributed by atoms with Crippen LogP contribution in [0.15, 0.2) is 53.4 Å². The first kappa shape index (κ1) is 17.8. The van der Waals surface area contributed by atoms with Crippen LogP contribution in [0.5, 0.6) is 5.75 Å². The van der Waals surface area contributed by atoms with Crippen molar-refractivity contribution in [1.29, 1.82) is 5.41 Å². The van der Waals surface area contributed by atoms with E-state index in [2.05, 4.69) is 4.72 Å². The Balaban J connectivity index is 0.00000242. The zero-order valence-corrected chi connectivity index (χ0v) is 13.4. The second kappa shape index (κ2) is 7.15. The van der Waals surface area contributed by atoms with Gasteiger partial charge in [0.25, 0.3) is 10.0 Å². The molecule has 0 amide bonds. The van der Waals surface area contributed by atoms with E-state index in [0.29, 0.717) is 17.0 Å². The standard InChI is InChI=1S/C14H15N3O3S.ClH/c1-20-12-4-2-3-11(9-12)17-21(18,19)13-7-5-10(6-8-13)14(15)16;/h2-9,17H,1H3,(H3,15,16);1H. The van der Waals surface area contributed by atoms with Crippen LogP contribution in [0.25, 0.3) is 0 Å². The second-order valence-corrected chi connectivity index (χ2v) is 5.96. The Morgan fingerprint density at radius 3 is 2.36 bits per heavy atom. The molecule has 22 heavy (non-hydrogen) atoms. The molecule has 0 unspecified atom stereocenters. The van der Waals surface area contributed by atoms with E-state index in [1.54, 1.807) is 24.3 Å². The summed E-state index contributed by atoms with van der Waals surface area (Å²) in [6.07, 6.45) is 0. The number of nitrogen functional groups attached to an aromatic ring is 1. The molecule has 8 heteroatoms. The van der Waals surface area contributed by atoms with Crippen molar-refractivity contribution in [3.8, 4) is 5.75 Å². The predicted octanol–water partition coefficient (Wildman–Crippen LogP) is 2.20. The van der Waals surface area contributed by atoms with E-state index in [-0.39, 0.29) is 23.1 Å². The number of sulfonamides is 1. The number of ether oxygens (including phenoxy) is 1. The van der Waals surface area contributed by atoms with E-state index in [0.717, 1.165) is 0 Å². The first-order chi connectivity index (χ1) is 9.92. The van der Waals surface area contributed by atoms with Crippen molar-refractivity contribution in [3.05, 3.63) is 54.1 Å². The normalized spacial score (nSPS) is 10.4. The molecule has 0 heterocycles. The highest BCUT2D eigenvalue weighted by atomic mass is 35.5. The molecule has 0 atom stereocenters. The molecule has 2 aromatic rings. The monoisotopic (exact) mass is 341 g/mol. The summed E-state index contributed by atoms with van der Waals surface area (Å²) in [5.41, 5.74) is 6.21. The first-order valence-electron chi connectivity index (χ1n) is 6.04. The highest BCUT2D eigenvalue weighted by Gasteiger charge is 2.14. The Morgan fingerprint density at radius 1 is 1.18 bits per heavy atom. The maximum Gasteiger partial charge on any atom is 0.261 e. The van der Waals surface area contributed by atoms with E-state index in [1.165, 1.54) is 31.4 Å². The number of hydrogen-bond acceptors (Lipinski definition) is 4. The lowest BCUT2D eigenvalue weighted by atomic mass is 10.2. The molecule has 0 radical (unpaired) electrons. The molecule has 118 valence electrons. The highest BCUT2D eigenvalue weighted by Crippen LogP contribution is 2.20. The molecule has 0 fully saturated rings. The van der Waals surface area contributed by atoms with Crippen LogP contribution in [-0.4, -0.2) is 21.4 Å². The molecule has 0 aliphatic carbocycles. The summed E-state index contributed by atoms with van der Waals surface area (Å²) in [7, 11) is -2.19. The summed E-state index contributed by atoms with van der Waals surface area (Å²) in [5, 5.41) is 7.28. The van der Waals surface area contributed by atoms with Crippen LogP contribution in [0.2, 0.25) is 0 Å². The van der Waals surface area contributed by atoms with E-state index in [9.17, 15) is 8.42 Å². The summed E-state index contributed by atoms with van der Waals surface area (Å²) >= 11 is 0. The van der Waals surface area contributed by atoms with Crippen molar-refractivity contribution in [1.82, 2.24) is 0 Å².